The van der Waals surface area contributed by atoms with Crippen molar-refractivity contribution in [2.75, 3.05) is 7.05 Å². The molecule has 0 unspecified atom stereocenters. The van der Waals surface area contributed by atoms with E-state index in [1.807, 2.05) is 6.92 Å². The van der Waals surface area contributed by atoms with Gasteiger partial charge in [-0.15, -0.1) is 0 Å². The molecule has 2 heteroatoms. The molecule has 0 spiro atoms. The van der Waals surface area contributed by atoms with Gasteiger partial charge in [0, 0.05) is 12.5 Å². The van der Waals surface area contributed by atoms with Gasteiger partial charge in [-0.3, -0.25) is 0 Å². The minimum absolute atomic E-state index is 0.750. The highest BCUT2D eigenvalue weighted by molar-refractivity contribution is 5.06. The molecule has 0 atom stereocenters. The van der Waals surface area contributed by atoms with Crippen LogP contribution in [0.4, 0.5) is 0 Å². The average molecular weight is 207 g/mol. The maximum atomic E-state index is 5.62. The molecule has 0 aromatic carbocycles. The van der Waals surface area contributed by atoms with E-state index in [4.69, 9.17) is 4.42 Å². The van der Waals surface area contributed by atoms with Crippen LogP contribution in [0.25, 0.3) is 0 Å². The summed E-state index contributed by atoms with van der Waals surface area (Å²) in [6.07, 6.45) is 6.45. The molecule has 1 N–H and O–H groups in total. The van der Waals surface area contributed by atoms with Crippen molar-refractivity contribution in [3.8, 4) is 0 Å². The van der Waals surface area contributed by atoms with Gasteiger partial charge in [0.2, 0.25) is 0 Å². The fraction of sp³-hybridized carbons (Fsp3) is 0.692. The molecular formula is C13H21NO. The molecule has 1 aliphatic rings. The minimum Gasteiger partial charge on any atom is -0.466 e. The quantitative estimate of drug-likeness (QED) is 0.824. The summed E-state index contributed by atoms with van der Waals surface area (Å²) in [5.74, 6) is 3.04. The predicted molar refractivity (Wildman–Crippen MR) is 62.0 cm³/mol. The molecule has 1 heterocycles. The molecule has 1 saturated carbocycles. The molecule has 2 nitrogen and oxygen atoms in total. The number of aryl methyl sites for hydroxylation is 1. The minimum atomic E-state index is 0.750. The topological polar surface area (TPSA) is 25.2 Å². The van der Waals surface area contributed by atoms with Gasteiger partial charge in [0.05, 0.1) is 0 Å². The van der Waals surface area contributed by atoms with Gasteiger partial charge in [0.15, 0.2) is 0 Å². The molecule has 2 rings (SSSR count). The zero-order valence-corrected chi connectivity index (χ0v) is 9.75. The third-order valence-electron chi connectivity index (χ3n) is 3.54. The number of hydrogen-bond donors (Lipinski definition) is 1. The highest BCUT2D eigenvalue weighted by Crippen LogP contribution is 2.27. The molecule has 0 amide bonds. The molecule has 0 radical (unpaired) electrons. The zero-order valence-electron chi connectivity index (χ0n) is 9.75. The lowest BCUT2D eigenvalue weighted by molar-refractivity contribution is 0.287. The monoisotopic (exact) mass is 207 g/mol. The Morgan fingerprint density at radius 1 is 1.27 bits per heavy atom. The Labute approximate surface area is 92.1 Å². The second-order valence-corrected chi connectivity index (χ2v) is 4.72. The molecule has 1 aliphatic carbocycles. The highest BCUT2D eigenvalue weighted by Gasteiger charge is 2.20. The van der Waals surface area contributed by atoms with Crippen molar-refractivity contribution in [1.82, 2.24) is 5.32 Å². The van der Waals surface area contributed by atoms with E-state index in [9.17, 15) is 0 Å². The third-order valence-corrected chi connectivity index (χ3v) is 3.54. The lowest BCUT2D eigenvalue weighted by Crippen LogP contribution is -2.30. The van der Waals surface area contributed by atoms with Gasteiger partial charge in [-0.1, -0.05) is 0 Å². The Hall–Kier alpha value is -0.760. The summed E-state index contributed by atoms with van der Waals surface area (Å²) >= 11 is 0. The fourth-order valence-corrected chi connectivity index (χ4v) is 2.53. The molecule has 84 valence electrons. The molecular weight excluding hydrogens is 186 g/mol. The van der Waals surface area contributed by atoms with Crippen molar-refractivity contribution >= 4 is 0 Å². The van der Waals surface area contributed by atoms with Crippen LogP contribution in [0.2, 0.25) is 0 Å². The van der Waals surface area contributed by atoms with Gasteiger partial charge in [-0.25, -0.2) is 0 Å². The summed E-state index contributed by atoms with van der Waals surface area (Å²) < 4.78 is 5.62. The summed E-state index contributed by atoms with van der Waals surface area (Å²) in [7, 11) is 2.07. The predicted octanol–water partition coefficient (Wildman–Crippen LogP) is 2.91. The lowest BCUT2D eigenvalue weighted by Gasteiger charge is -2.27. The van der Waals surface area contributed by atoms with Crippen LogP contribution in [0.1, 0.15) is 37.2 Å². The Bertz CT molecular complexity index is 297. The van der Waals surface area contributed by atoms with Gasteiger partial charge in [-0.2, -0.15) is 0 Å². The van der Waals surface area contributed by atoms with E-state index in [1.165, 1.54) is 31.4 Å². The number of hydrogen-bond acceptors (Lipinski definition) is 2. The second-order valence-electron chi connectivity index (χ2n) is 4.72. The van der Waals surface area contributed by atoms with Gasteiger partial charge >= 0.3 is 0 Å². The summed E-state index contributed by atoms with van der Waals surface area (Å²) in [6, 6.07) is 4.94. The number of nitrogens with one attached hydrogen (secondary N) is 1. The fourth-order valence-electron chi connectivity index (χ4n) is 2.53. The summed E-state index contributed by atoms with van der Waals surface area (Å²) in [5, 5.41) is 3.37. The van der Waals surface area contributed by atoms with E-state index in [2.05, 4.69) is 24.5 Å². The largest absolute Gasteiger partial charge is 0.466 e. The van der Waals surface area contributed by atoms with Gasteiger partial charge in [0.25, 0.3) is 0 Å². The van der Waals surface area contributed by atoms with E-state index in [1.54, 1.807) is 0 Å². The Kier molecular flexibility index (Phi) is 3.47. The van der Waals surface area contributed by atoms with Crippen LogP contribution in [-0.2, 0) is 6.42 Å². The molecule has 1 fully saturated rings. The van der Waals surface area contributed by atoms with Crippen LogP contribution in [-0.4, -0.2) is 13.1 Å². The van der Waals surface area contributed by atoms with E-state index in [0.29, 0.717) is 0 Å². The molecule has 1 aromatic rings. The molecule has 1 aromatic heterocycles. The lowest BCUT2D eigenvalue weighted by atomic mass is 9.84. The van der Waals surface area contributed by atoms with Crippen molar-refractivity contribution < 1.29 is 4.42 Å². The van der Waals surface area contributed by atoms with Crippen LogP contribution in [0.5, 0.6) is 0 Å². The van der Waals surface area contributed by atoms with Crippen molar-refractivity contribution in [3.63, 3.8) is 0 Å². The van der Waals surface area contributed by atoms with Crippen molar-refractivity contribution in [3.05, 3.63) is 23.7 Å². The van der Waals surface area contributed by atoms with Crippen molar-refractivity contribution in [2.45, 2.75) is 45.1 Å². The summed E-state index contributed by atoms with van der Waals surface area (Å²) in [5.41, 5.74) is 0. The average Bonchev–Trinajstić information content (AvgIpc) is 2.65. The first kappa shape index (κ1) is 10.7. The van der Waals surface area contributed by atoms with Crippen LogP contribution < -0.4 is 5.32 Å². The zero-order chi connectivity index (χ0) is 10.7. The Morgan fingerprint density at radius 2 is 2.00 bits per heavy atom. The van der Waals surface area contributed by atoms with Crippen LogP contribution >= 0.6 is 0 Å². The number of furan rings is 1. The van der Waals surface area contributed by atoms with E-state index < -0.39 is 0 Å². The van der Waals surface area contributed by atoms with Crippen LogP contribution in [0.3, 0.4) is 0 Å². The van der Waals surface area contributed by atoms with Crippen molar-refractivity contribution in [1.29, 1.82) is 0 Å². The first-order chi connectivity index (χ1) is 7.28. The Balaban J connectivity index is 1.82. The molecule has 0 bridgehead atoms. The van der Waals surface area contributed by atoms with E-state index >= 15 is 0 Å². The van der Waals surface area contributed by atoms with E-state index in [-0.39, 0.29) is 0 Å². The standard InChI is InChI=1S/C13H21NO/c1-10-3-8-13(15-10)9-11-4-6-12(14-2)7-5-11/h3,8,11-12,14H,4-7,9H2,1-2H3. The van der Waals surface area contributed by atoms with E-state index in [0.717, 1.165) is 24.1 Å². The van der Waals surface area contributed by atoms with Crippen LogP contribution in [0.15, 0.2) is 16.5 Å². The molecule has 0 saturated heterocycles. The second kappa shape index (κ2) is 4.84. The first-order valence-corrected chi connectivity index (χ1v) is 6.00. The maximum absolute atomic E-state index is 5.62. The first-order valence-electron chi connectivity index (χ1n) is 6.00. The number of rotatable bonds is 3. The smallest absolute Gasteiger partial charge is 0.104 e. The summed E-state index contributed by atoms with van der Waals surface area (Å²) in [6.45, 7) is 2.02. The summed E-state index contributed by atoms with van der Waals surface area (Å²) in [4.78, 5) is 0. The van der Waals surface area contributed by atoms with Crippen LogP contribution in [0, 0.1) is 12.8 Å². The van der Waals surface area contributed by atoms with Crippen molar-refractivity contribution in [2.24, 2.45) is 5.92 Å². The maximum Gasteiger partial charge on any atom is 0.104 e. The normalized spacial score (nSPS) is 26.8. The van der Waals surface area contributed by atoms with Gasteiger partial charge in [-0.05, 0) is 57.7 Å². The SMILES string of the molecule is CNC1CCC(Cc2ccc(C)o2)CC1. The van der Waals surface area contributed by atoms with Gasteiger partial charge in [0.1, 0.15) is 11.5 Å². The van der Waals surface area contributed by atoms with Gasteiger partial charge < -0.3 is 9.73 Å². The third kappa shape index (κ3) is 2.85. The highest BCUT2D eigenvalue weighted by atomic mass is 16.3. The Morgan fingerprint density at radius 3 is 2.53 bits per heavy atom. The molecule has 15 heavy (non-hydrogen) atoms. The molecule has 0 aliphatic heterocycles.